The molecule has 4 rings (SSSR count). The summed E-state index contributed by atoms with van der Waals surface area (Å²) in [5.41, 5.74) is 2.13. The van der Waals surface area contributed by atoms with Gasteiger partial charge in [0.05, 0.1) is 23.5 Å². The summed E-state index contributed by atoms with van der Waals surface area (Å²) in [7, 11) is 0. The largest absolute Gasteiger partial charge is 0.301 e. The molecule has 122 valence electrons. The van der Waals surface area contributed by atoms with Gasteiger partial charge in [0.1, 0.15) is 5.82 Å². The summed E-state index contributed by atoms with van der Waals surface area (Å²) in [6.07, 6.45) is 0.956. The van der Waals surface area contributed by atoms with Gasteiger partial charge in [0.15, 0.2) is 0 Å². The highest BCUT2D eigenvalue weighted by Crippen LogP contribution is 2.23. The molecule has 1 fully saturated rings. The molecule has 0 spiro atoms. The van der Waals surface area contributed by atoms with Gasteiger partial charge in [0, 0.05) is 5.92 Å². The van der Waals surface area contributed by atoms with Crippen LogP contribution in [0.3, 0.4) is 0 Å². The molecule has 4 nitrogen and oxygen atoms in total. The van der Waals surface area contributed by atoms with Crippen LogP contribution in [0.15, 0.2) is 59.4 Å². The van der Waals surface area contributed by atoms with Crippen molar-refractivity contribution in [3.8, 4) is 0 Å². The predicted octanol–water partition coefficient (Wildman–Crippen LogP) is 3.08. The molecular weight excluding hydrogens is 298 g/mol. The van der Waals surface area contributed by atoms with Crippen LogP contribution in [-0.2, 0) is 6.42 Å². The van der Waals surface area contributed by atoms with Crippen molar-refractivity contribution in [2.45, 2.75) is 32.2 Å². The van der Waals surface area contributed by atoms with Crippen LogP contribution in [0, 0.1) is 0 Å². The molecule has 0 aliphatic carbocycles. The highest BCUT2D eigenvalue weighted by molar-refractivity contribution is 5.77. The van der Waals surface area contributed by atoms with E-state index in [9.17, 15) is 4.79 Å². The summed E-state index contributed by atoms with van der Waals surface area (Å²) in [6, 6.07) is 18.4. The molecule has 2 heterocycles. The number of fused-ring (bicyclic) bond motifs is 1. The van der Waals surface area contributed by atoms with Crippen LogP contribution >= 0.6 is 0 Å². The van der Waals surface area contributed by atoms with Crippen LogP contribution in [-0.4, -0.2) is 22.2 Å². The van der Waals surface area contributed by atoms with Crippen LogP contribution in [0.4, 0.5) is 0 Å². The fourth-order valence-electron chi connectivity index (χ4n) is 3.23. The van der Waals surface area contributed by atoms with E-state index in [0.717, 1.165) is 24.3 Å². The molecule has 0 amide bonds. The summed E-state index contributed by atoms with van der Waals surface area (Å²) in [4.78, 5) is 17.8. The van der Waals surface area contributed by atoms with E-state index < -0.39 is 0 Å². The second kappa shape index (κ2) is 5.78. The van der Waals surface area contributed by atoms with Crippen LogP contribution in [0.5, 0.6) is 0 Å². The lowest BCUT2D eigenvalue weighted by Gasteiger charge is -2.18. The molecule has 0 radical (unpaired) electrons. The highest BCUT2D eigenvalue weighted by Gasteiger charge is 2.37. The average Bonchev–Trinajstić information content (AvgIpc) is 3.34. The molecule has 1 aliphatic rings. The van der Waals surface area contributed by atoms with Crippen molar-refractivity contribution in [3.05, 3.63) is 76.3 Å². The zero-order valence-corrected chi connectivity index (χ0v) is 14.0. The normalized spacial score (nSPS) is 16.8. The fourth-order valence-corrected chi connectivity index (χ4v) is 3.23. The lowest BCUT2D eigenvalue weighted by Crippen LogP contribution is -2.34. The molecule has 2 aromatic carbocycles. The predicted molar refractivity (Wildman–Crippen MR) is 97.1 cm³/mol. The van der Waals surface area contributed by atoms with Crippen molar-refractivity contribution in [1.82, 2.24) is 9.66 Å². The molecular formula is C20H21N3O. The Kier molecular flexibility index (Phi) is 3.60. The van der Waals surface area contributed by atoms with Crippen LogP contribution in [0.2, 0.25) is 0 Å². The van der Waals surface area contributed by atoms with Gasteiger partial charge >= 0.3 is 0 Å². The Hall–Kier alpha value is -2.62. The first kappa shape index (κ1) is 14.9. The minimum Gasteiger partial charge on any atom is -0.301 e. The first-order valence-corrected chi connectivity index (χ1v) is 8.47. The first-order valence-electron chi connectivity index (χ1n) is 8.47. The summed E-state index contributed by atoms with van der Waals surface area (Å²) in [5, 5.41) is 2.83. The molecule has 1 aromatic heterocycles. The maximum absolute atomic E-state index is 13.0. The van der Waals surface area contributed by atoms with E-state index in [2.05, 4.69) is 43.1 Å². The maximum atomic E-state index is 13.0. The molecule has 0 saturated carbocycles. The van der Waals surface area contributed by atoms with E-state index in [1.165, 1.54) is 5.56 Å². The molecule has 1 unspecified atom stereocenters. The standard InChI is InChI=1S/C20H21N3O/c1-14(2)19-21-18-11-7-6-10-17(18)20(24)23(19)22-13-16(22)12-15-8-4-3-5-9-15/h3-11,14,16H,12-13H2,1-2H3. The number of rotatable bonds is 4. The van der Waals surface area contributed by atoms with Gasteiger partial charge in [-0.3, -0.25) is 4.79 Å². The van der Waals surface area contributed by atoms with Crippen molar-refractivity contribution < 1.29 is 0 Å². The lowest BCUT2D eigenvalue weighted by molar-refractivity contribution is 0.632. The molecule has 4 heteroatoms. The molecule has 1 aliphatic heterocycles. The van der Waals surface area contributed by atoms with Gasteiger partial charge in [-0.15, -0.1) is 0 Å². The third-order valence-electron chi connectivity index (χ3n) is 4.55. The monoisotopic (exact) mass is 319 g/mol. The van der Waals surface area contributed by atoms with Gasteiger partial charge in [0.25, 0.3) is 5.56 Å². The van der Waals surface area contributed by atoms with Crippen molar-refractivity contribution in [3.63, 3.8) is 0 Å². The second-order valence-electron chi connectivity index (χ2n) is 6.72. The Balaban J connectivity index is 1.73. The summed E-state index contributed by atoms with van der Waals surface area (Å²) in [6.45, 7) is 5.07. The Labute approximate surface area is 141 Å². The summed E-state index contributed by atoms with van der Waals surface area (Å²) >= 11 is 0. The van der Waals surface area contributed by atoms with Crippen molar-refractivity contribution in [2.75, 3.05) is 11.6 Å². The van der Waals surface area contributed by atoms with Gasteiger partial charge in [-0.05, 0) is 24.1 Å². The summed E-state index contributed by atoms with van der Waals surface area (Å²) in [5.74, 6) is 1.04. The SMILES string of the molecule is CC(C)c1nc2ccccc2c(=O)n1N1CC1Cc1ccccc1. The Morgan fingerprint density at radius 2 is 1.79 bits per heavy atom. The minimum absolute atomic E-state index is 0.0415. The van der Waals surface area contributed by atoms with Crippen molar-refractivity contribution in [1.29, 1.82) is 0 Å². The van der Waals surface area contributed by atoms with Crippen molar-refractivity contribution in [2.24, 2.45) is 0 Å². The smallest absolute Gasteiger partial charge is 0.280 e. The number of hydrogen-bond acceptors (Lipinski definition) is 3. The van der Waals surface area contributed by atoms with Gasteiger partial charge in [-0.25, -0.2) is 9.66 Å². The Morgan fingerprint density at radius 1 is 1.08 bits per heavy atom. The van der Waals surface area contributed by atoms with Gasteiger partial charge in [-0.1, -0.05) is 56.3 Å². The molecule has 24 heavy (non-hydrogen) atoms. The number of hydrogen-bond donors (Lipinski definition) is 0. The topological polar surface area (TPSA) is 37.9 Å². The fraction of sp³-hybridized carbons (Fsp3) is 0.300. The molecule has 1 atom stereocenters. The van der Waals surface area contributed by atoms with Gasteiger partial charge in [0.2, 0.25) is 0 Å². The quantitative estimate of drug-likeness (QED) is 0.694. The van der Waals surface area contributed by atoms with E-state index in [1.54, 1.807) is 4.68 Å². The third kappa shape index (κ3) is 2.58. The zero-order valence-electron chi connectivity index (χ0n) is 14.0. The molecule has 0 N–H and O–H groups in total. The Bertz CT molecular complexity index is 931. The van der Waals surface area contributed by atoms with Gasteiger partial charge in [-0.2, -0.15) is 0 Å². The van der Waals surface area contributed by atoms with E-state index in [1.807, 2.05) is 30.3 Å². The average molecular weight is 319 g/mol. The molecule has 0 bridgehead atoms. The zero-order chi connectivity index (χ0) is 16.7. The second-order valence-corrected chi connectivity index (χ2v) is 6.72. The van der Waals surface area contributed by atoms with Crippen LogP contribution in [0.1, 0.15) is 31.2 Å². The van der Waals surface area contributed by atoms with E-state index >= 15 is 0 Å². The number of para-hydroxylation sites is 1. The number of benzene rings is 2. The number of nitrogens with zero attached hydrogens (tertiary/aromatic N) is 3. The summed E-state index contributed by atoms with van der Waals surface area (Å²) < 4.78 is 1.81. The number of aromatic nitrogens is 2. The lowest BCUT2D eigenvalue weighted by atomic mass is 10.1. The van der Waals surface area contributed by atoms with E-state index in [-0.39, 0.29) is 11.5 Å². The molecule has 3 aromatic rings. The van der Waals surface area contributed by atoms with Crippen LogP contribution in [0.25, 0.3) is 10.9 Å². The van der Waals surface area contributed by atoms with E-state index in [0.29, 0.717) is 11.4 Å². The first-order chi connectivity index (χ1) is 11.6. The van der Waals surface area contributed by atoms with E-state index in [4.69, 9.17) is 4.98 Å². The third-order valence-corrected chi connectivity index (χ3v) is 4.55. The maximum Gasteiger partial charge on any atom is 0.280 e. The van der Waals surface area contributed by atoms with Crippen LogP contribution < -0.4 is 10.6 Å². The molecule has 1 saturated heterocycles. The van der Waals surface area contributed by atoms with Gasteiger partial charge < -0.3 is 5.01 Å². The Morgan fingerprint density at radius 3 is 2.54 bits per heavy atom. The van der Waals surface area contributed by atoms with Crippen molar-refractivity contribution >= 4 is 10.9 Å². The minimum atomic E-state index is 0.0415. The highest BCUT2D eigenvalue weighted by atomic mass is 16.1.